The van der Waals surface area contributed by atoms with Crippen molar-refractivity contribution in [2.75, 3.05) is 11.8 Å². The third kappa shape index (κ3) is 3.43. The zero-order chi connectivity index (χ0) is 15.6. The molecular formula is C14H13Cl2NO3S. The Morgan fingerprint density at radius 1 is 1.10 bits per heavy atom. The van der Waals surface area contributed by atoms with Crippen molar-refractivity contribution in [1.82, 2.24) is 0 Å². The number of methoxy groups -OCH3 is 1. The van der Waals surface area contributed by atoms with Gasteiger partial charge in [0.15, 0.2) is 0 Å². The van der Waals surface area contributed by atoms with E-state index in [-0.39, 0.29) is 9.92 Å². The van der Waals surface area contributed by atoms with Gasteiger partial charge in [-0.1, -0.05) is 29.3 Å². The molecular weight excluding hydrogens is 333 g/mol. The molecule has 7 heteroatoms. The molecule has 2 aromatic carbocycles. The average molecular weight is 346 g/mol. The molecule has 0 aliphatic carbocycles. The predicted molar refractivity (Wildman–Crippen MR) is 85.0 cm³/mol. The fourth-order valence-electron chi connectivity index (χ4n) is 1.74. The molecule has 0 aliphatic heterocycles. The van der Waals surface area contributed by atoms with Gasteiger partial charge in [-0.15, -0.1) is 0 Å². The van der Waals surface area contributed by atoms with E-state index in [0.717, 1.165) is 0 Å². The van der Waals surface area contributed by atoms with Gasteiger partial charge in [0.2, 0.25) is 0 Å². The molecule has 0 heterocycles. The van der Waals surface area contributed by atoms with E-state index >= 15 is 0 Å². The Labute approximate surface area is 133 Å². The van der Waals surface area contributed by atoms with Gasteiger partial charge in [-0.05, 0) is 42.8 Å². The summed E-state index contributed by atoms with van der Waals surface area (Å²) in [5.74, 6) is 0.412. The molecule has 2 aromatic rings. The smallest absolute Gasteiger partial charge is 0.261 e. The SMILES string of the molecule is COc1ccc(S(=O)(=O)Nc2cccc(Cl)c2C)cc1Cl. The largest absolute Gasteiger partial charge is 0.495 e. The average Bonchev–Trinajstić information content (AvgIpc) is 2.43. The first-order valence-electron chi connectivity index (χ1n) is 5.96. The first-order chi connectivity index (χ1) is 9.85. The monoisotopic (exact) mass is 345 g/mol. The number of benzene rings is 2. The summed E-state index contributed by atoms with van der Waals surface area (Å²) in [5.41, 5.74) is 1.08. The Balaban J connectivity index is 2.39. The second-order valence-electron chi connectivity index (χ2n) is 4.31. The minimum Gasteiger partial charge on any atom is -0.495 e. The minimum atomic E-state index is -3.75. The van der Waals surface area contributed by atoms with E-state index in [9.17, 15) is 8.42 Å². The fraction of sp³-hybridized carbons (Fsp3) is 0.143. The molecule has 112 valence electrons. The second kappa shape index (κ2) is 6.13. The minimum absolute atomic E-state index is 0.0488. The van der Waals surface area contributed by atoms with Crippen molar-refractivity contribution in [1.29, 1.82) is 0 Å². The number of ether oxygens (including phenoxy) is 1. The van der Waals surface area contributed by atoms with Gasteiger partial charge in [0.05, 0.1) is 22.7 Å². The van der Waals surface area contributed by atoms with Crippen molar-refractivity contribution in [2.24, 2.45) is 0 Å². The predicted octanol–water partition coefficient (Wildman–Crippen LogP) is 4.11. The Hall–Kier alpha value is -1.43. The van der Waals surface area contributed by atoms with E-state index in [4.69, 9.17) is 27.9 Å². The fourth-order valence-corrected chi connectivity index (χ4v) is 3.38. The van der Waals surface area contributed by atoms with Crippen molar-refractivity contribution >= 4 is 38.9 Å². The van der Waals surface area contributed by atoms with Crippen LogP contribution in [0.5, 0.6) is 5.75 Å². The van der Waals surface area contributed by atoms with E-state index < -0.39 is 10.0 Å². The van der Waals surface area contributed by atoms with Crippen LogP contribution in [0.25, 0.3) is 0 Å². The molecule has 0 aliphatic rings. The van der Waals surface area contributed by atoms with Gasteiger partial charge in [0.25, 0.3) is 10.0 Å². The lowest BCUT2D eigenvalue weighted by atomic mass is 10.2. The molecule has 1 N–H and O–H groups in total. The van der Waals surface area contributed by atoms with E-state index in [1.165, 1.54) is 25.3 Å². The summed E-state index contributed by atoms with van der Waals surface area (Å²) in [4.78, 5) is 0.0488. The third-order valence-electron chi connectivity index (χ3n) is 2.95. The van der Waals surface area contributed by atoms with E-state index in [0.29, 0.717) is 22.0 Å². The summed E-state index contributed by atoms with van der Waals surface area (Å²) in [6.45, 7) is 1.74. The van der Waals surface area contributed by atoms with Gasteiger partial charge in [-0.3, -0.25) is 4.72 Å². The van der Waals surface area contributed by atoms with Crippen LogP contribution in [-0.4, -0.2) is 15.5 Å². The highest BCUT2D eigenvalue weighted by Crippen LogP contribution is 2.29. The van der Waals surface area contributed by atoms with Crippen molar-refractivity contribution in [3.8, 4) is 5.75 Å². The van der Waals surface area contributed by atoms with Crippen molar-refractivity contribution < 1.29 is 13.2 Å². The van der Waals surface area contributed by atoms with Crippen LogP contribution < -0.4 is 9.46 Å². The van der Waals surface area contributed by atoms with Gasteiger partial charge in [-0.25, -0.2) is 8.42 Å². The van der Waals surface area contributed by atoms with E-state index in [2.05, 4.69) is 4.72 Å². The molecule has 4 nitrogen and oxygen atoms in total. The van der Waals surface area contributed by atoms with Gasteiger partial charge in [0.1, 0.15) is 5.75 Å². The highest BCUT2D eigenvalue weighted by Gasteiger charge is 2.17. The topological polar surface area (TPSA) is 55.4 Å². The molecule has 0 atom stereocenters. The lowest BCUT2D eigenvalue weighted by molar-refractivity contribution is 0.414. The zero-order valence-electron chi connectivity index (χ0n) is 11.4. The number of rotatable bonds is 4. The Morgan fingerprint density at radius 2 is 1.81 bits per heavy atom. The van der Waals surface area contributed by atoms with Crippen LogP contribution in [-0.2, 0) is 10.0 Å². The highest BCUT2D eigenvalue weighted by molar-refractivity contribution is 7.92. The van der Waals surface area contributed by atoms with Crippen LogP contribution in [0.3, 0.4) is 0 Å². The first-order valence-corrected chi connectivity index (χ1v) is 8.20. The van der Waals surface area contributed by atoms with Crippen molar-refractivity contribution in [3.63, 3.8) is 0 Å². The zero-order valence-corrected chi connectivity index (χ0v) is 13.7. The molecule has 0 bridgehead atoms. The maximum Gasteiger partial charge on any atom is 0.261 e. The highest BCUT2D eigenvalue weighted by atomic mass is 35.5. The van der Waals surface area contributed by atoms with Crippen LogP contribution in [0.1, 0.15) is 5.56 Å². The van der Waals surface area contributed by atoms with E-state index in [1.54, 1.807) is 25.1 Å². The molecule has 0 spiro atoms. The van der Waals surface area contributed by atoms with Crippen molar-refractivity contribution in [3.05, 3.63) is 52.0 Å². The maximum absolute atomic E-state index is 12.4. The van der Waals surface area contributed by atoms with Crippen LogP contribution in [0, 0.1) is 6.92 Å². The number of anilines is 1. The Bertz CT molecular complexity index is 776. The Kier molecular flexibility index (Phi) is 4.66. The van der Waals surface area contributed by atoms with Crippen LogP contribution >= 0.6 is 23.2 Å². The summed E-state index contributed by atoms with van der Waals surface area (Å²) in [6, 6.07) is 9.27. The molecule has 0 aromatic heterocycles. The lowest BCUT2D eigenvalue weighted by Gasteiger charge is -2.12. The van der Waals surface area contributed by atoms with E-state index in [1.807, 2.05) is 0 Å². The second-order valence-corrected chi connectivity index (χ2v) is 6.81. The molecule has 0 saturated heterocycles. The molecule has 0 amide bonds. The molecule has 0 unspecified atom stereocenters. The first kappa shape index (κ1) is 15.9. The summed E-state index contributed by atoms with van der Waals surface area (Å²) in [7, 11) is -2.29. The molecule has 0 radical (unpaired) electrons. The molecule has 2 rings (SSSR count). The standard InChI is InChI=1S/C14H13Cl2NO3S/c1-9-11(15)4-3-5-13(9)17-21(18,19)10-6-7-14(20-2)12(16)8-10/h3-8,17H,1-2H3. The van der Waals surface area contributed by atoms with Gasteiger partial charge in [0, 0.05) is 5.02 Å². The maximum atomic E-state index is 12.4. The van der Waals surface area contributed by atoms with Gasteiger partial charge in [-0.2, -0.15) is 0 Å². The lowest BCUT2D eigenvalue weighted by Crippen LogP contribution is -2.13. The normalized spacial score (nSPS) is 11.2. The third-order valence-corrected chi connectivity index (χ3v) is 5.01. The van der Waals surface area contributed by atoms with Crippen LogP contribution in [0.15, 0.2) is 41.3 Å². The Morgan fingerprint density at radius 3 is 2.43 bits per heavy atom. The van der Waals surface area contributed by atoms with Gasteiger partial charge >= 0.3 is 0 Å². The van der Waals surface area contributed by atoms with Crippen molar-refractivity contribution in [2.45, 2.75) is 11.8 Å². The van der Waals surface area contributed by atoms with Crippen LogP contribution in [0.2, 0.25) is 10.0 Å². The number of halogens is 2. The molecule has 0 fully saturated rings. The summed E-state index contributed by atoms with van der Waals surface area (Å²) in [6.07, 6.45) is 0. The molecule has 0 saturated carbocycles. The van der Waals surface area contributed by atoms with Gasteiger partial charge < -0.3 is 4.74 Å². The quantitative estimate of drug-likeness (QED) is 0.906. The summed E-state index contributed by atoms with van der Waals surface area (Å²) >= 11 is 11.9. The number of hydrogen-bond donors (Lipinski definition) is 1. The molecule has 21 heavy (non-hydrogen) atoms. The number of hydrogen-bond acceptors (Lipinski definition) is 3. The van der Waals surface area contributed by atoms with Crippen LogP contribution in [0.4, 0.5) is 5.69 Å². The number of nitrogens with one attached hydrogen (secondary N) is 1. The summed E-state index contributed by atoms with van der Waals surface area (Å²) < 4.78 is 32.2. The number of sulfonamides is 1. The summed E-state index contributed by atoms with van der Waals surface area (Å²) in [5, 5.41) is 0.714.